The van der Waals surface area contributed by atoms with Gasteiger partial charge in [0, 0.05) is 0 Å². The summed E-state index contributed by atoms with van der Waals surface area (Å²) in [5.74, 6) is 0.145. The monoisotopic (exact) mass is 272 g/mol. The summed E-state index contributed by atoms with van der Waals surface area (Å²) in [7, 11) is 0. The molecule has 0 saturated heterocycles. The van der Waals surface area contributed by atoms with Crippen LogP contribution in [-0.2, 0) is 0 Å². The molecule has 0 unspecified atom stereocenters. The van der Waals surface area contributed by atoms with Crippen LogP contribution in [0.25, 0.3) is 22.1 Å². The molecule has 0 amide bonds. The Morgan fingerprint density at radius 2 is 1.79 bits per heavy atom. The molecule has 0 radical (unpaired) electrons. The van der Waals surface area contributed by atoms with Crippen LogP contribution in [0.15, 0.2) is 57.9 Å². The van der Waals surface area contributed by atoms with Crippen LogP contribution in [0.2, 0.25) is 5.02 Å². The van der Waals surface area contributed by atoms with Gasteiger partial charge in [-0.3, -0.25) is 4.79 Å². The zero-order valence-electron chi connectivity index (χ0n) is 9.76. The summed E-state index contributed by atoms with van der Waals surface area (Å²) >= 11 is 6.05. The Morgan fingerprint density at radius 1 is 1.05 bits per heavy atom. The van der Waals surface area contributed by atoms with E-state index < -0.39 is 0 Å². The van der Waals surface area contributed by atoms with Gasteiger partial charge < -0.3 is 9.52 Å². The molecule has 0 saturated carbocycles. The van der Waals surface area contributed by atoms with Crippen molar-refractivity contribution in [2.75, 3.05) is 0 Å². The molecule has 4 heteroatoms. The average Bonchev–Trinajstić information content (AvgIpc) is 2.40. The van der Waals surface area contributed by atoms with Crippen LogP contribution in [0.5, 0.6) is 5.75 Å². The van der Waals surface area contributed by atoms with Crippen LogP contribution in [0, 0.1) is 0 Å². The number of aromatic hydroxyl groups is 1. The number of halogens is 1. The number of hydrogen-bond donors (Lipinski definition) is 1. The van der Waals surface area contributed by atoms with E-state index >= 15 is 0 Å². The summed E-state index contributed by atoms with van der Waals surface area (Å²) in [5, 5.41) is 10.0. The molecule has 1 N–H and O–H groups in total. The van der Waals surface area contributed by atoms with E-state index in [9.17, 15) is 9.90 Å². The molecule has 1 aromatic heterocycles. The van der Waals surface area contributed by atoms with Gasteiger partial charge in [0.1, 0.15) is 17.6 Å². The van der Waals surface area contributed by atoms with E-state index in [0.29, 0.717) is 27.1 Å². The fourth-order valence-corrected chi connectivity index (χ4v) is 2.23. The van der Waals surface area contributed by atoms with Crippen molar-refractivity contribution >= 4 is 22.6 Å². The molecule has 0 aliphatic heterocycles. The van der Waals surface area contributed by atoms with E-state index in [-0.39, 0.29) is 11.2 Å². The fourth-order valence-electron chi connectivity index (χ4n) is 1.97. The van der Waals surface area contributed by atoms with Gasteiger partial charge in [0.2, 0.25) is 5.43 Å². The molecule has 0 atom stereocenters. The minimum atomic E-state index is -0.183. The first-order valence-corrected chi connectivity index (χ1v) is 6.04. The molecule has 2 aromatic carbocycles. The second kappa shape index (κ2) is 4.44. The topological polar surface area (TPSA) is 50.4 Å². The lowest BCUT2D eigenvalue weighted by atomic mass is 10.1. The third-order valence-corrected chi connectivity index (χ3v) is 3.24. The molecule has 1 heterocycles. The Kier molecular flexibility index (Phi) is 2.76. The van der Waals surface area contributed by atoms with Gasteiger partial charge in [0.25, 0.3) is 0 Å². The Hall–Kier alpha value is -2.26. The number of rotatable bonds is 1. The molecular formula is C15H9ClO3. The highest BCUT2D eigenvalue weighted by molar-refractivity contribution is 6.35. The van der Waals surface area contributed by atoms with Crippen molar-refractivity contribution in [3.63, 3.8) is 0 Å². The van der Waals surface area contributed by atoms with Gasteiger partial charge in [0.05, 0.1) is 16.0 Å². The van der Waals surface area contributed by atoms with Crippen molar-refractivity contribution in [2.45, 2.75) is 0 Å². The quantitative estimate of drug-likeness (QED) is 0.733. The van der Waals surface area contributed by atoms with Crippen molar-refractivity contribution in [3.8, 4) is 16.9 Å². The van der Waals surface area contributed by atoms with Crippen LogP contribution in [-0.4, -0.2) is 5.11 Å². The standard InChI is InChI=1S/C15H9ClO3/c16-12-2-1-3-13-14(12)15(18)11(8-19-13)9-4-6-10(17)7-5-9/h1-8,17H. The van der Waals surface area contributed by atoms with E-state index in [1.54, 1.807) is 30.3 Å². The Balaban J connectivity index is 2.32. The molecule has 19 heavy (non-hydrogen) atoms. The van der Waals surface area contributed by atoms with Gasteiger partial charge in [0.15, 0.2) is 0 Å². The lowest BCUT2D eigenvalue weighted by Crippen LogP contribution is -2.05. The maximum atomic E-state index is 12.4. The van der Waals surface area contributed by atoms with Crippen molar-refractivity contribution in [3.05, 3.63) is 64.0 Å². The molecular weight excluding hydrogens is 264 g/mol. The highest BCUT2D eigenvalue weighted by atomic mass is 35.5. The van der Waals surface area contributed by atoms with Crippen LogP contribution in [0.3, 0.4) is 0 Å². The predicted molar refractivity (Wildman–Crippen MR) is 74.6 cm³/mol. The first-order valence-electron chi connectivity index (χ1n) is 5.66. The minimum Gasteiger partial charge on any atom is -0.508 e. The van der Waals surface area contributed by atoms with Gasteiger partial charge >= 0.3 is 0 Å². The third kappa shape index (κ3) is 1.98. The average molecular weight is 273 g/mol. The normalized spacial score (nSPS) is 10.8. The minimum absolute atomic E-state index is 0.145. The van der Waals surface area contributed by atoms with E-state index in [0.717, 1.165) is 0 Å². The maximum absolute atomic E-state index is 12.4. The van der Waals surface area contributed by atoms with Gasteiger partial charge in [-0.2, -0.15) is 0 Å². The molecule has 0 bridgehead atoms. The summed E-state index contributed by atoms with van der Waals surface area (Å²) in [6.07, 6.45) is 1.41. The van der Waals surface area contributed by atoms with E-state index in [1.807, 2.05) is 0 Å². The Labute approximate surface area is 113 Å². The lowest BCUT2D eigenvalue weighted by Gasteiger charge is -2.04. The second-order valence-corrected chi connectivity index (χ2v) is 4.55. The molecule has 0 aliphatic rings. The summed E-state index contributed by atoms with van der Waals surface area (Å²) in [6, 6.07) is 11.4. The Morgan fingerprint density at radius 3 is 2.53 bits per heavy atom. The zero-order valence-corrected chi connectivity index (χ0v) is 10.5. The molecule has 3 rings (SSSR count). The van der Waals surface area contributed by atoms with Crippen molar-refractivity contribution < 1.29 is 9.52 Å². The smallest absolute Gasteiger partial charge is 0.202 e. The second-order valence-electron chi connectivity index (χ2n) is 4.14. The maximum Gasteiger partial charge on any atom is 0.202 e. The summed E-state index contributed by atoms with van der Waals surface area (Å²) in [4.78, 5) is 12.4. The number of phenols is 1. The molecule has 0 fully saturated rings. The highest BCUT2D eigenvalue weighted by Crippen LogP contribution is 2.25. The lowest BCUT2D eigenvalue weighted by molar-refractivity contribution is 0.475. The molecule has 94 valence electrons. The molecule has 3 nitrogen and oxygen atoms in total. The number of fused-ring (bicyclic) bond motifs is 1. The fraction of sp³-hybridized carbons (Fsp3) is 0. The highest BCUT2D eigenvalue weighted by Gasteiger charge is 2.11. The Bertz CT molecular complexity index is 804. The first-order chi connectivity index (χ1) is 9.16. The summed E-state index contributed by atoms with van der Waals surface area (Å²) in [5.41, 5.74) is 1.37. The van der Waals surface area contributed by atoms with Crippen molar-refractivity contribution in [1.29, 1.82) is 0 Å². The molecule has 0 aliphatic carbocycles. The van der Waals surface area contributed by atoms with E-state index in [2.05, 4.69) is 0 Å². The van der Waals surface area contributed by atoms with Crippen LogP contribution >= 0.6 is 11.6 Å². The van der Waals surface area contributed by atoms with Gasteiger partial charge in [-0.15, -0.1) is 0 Å². The number of phenolic OH excluding ortho intramolecular Hbond substituents is 1. The van der Waals surface area contributed by atoms with Crippen molar-refractivity contribution in [1.82, 2.24) is 0 Å². The first kappa shape index (κ1) is 11.8. The SMILES string of the molecule is O=c1c(-c2ccc(O)cc2)coc2cccc(Cl)c12. The van der Waals surface area contributed by atoms with Crippen LogP contribution < -0.4 is 5.43 Å². The van der Waals surface area contributed by atoms with E-state index in [1.165, 1.54) is 18.4 Å². The number of benzene rings is 2. The van der Waals surface area contributed by atoms with Crippen molar-refractivity contribution in [2.24, 2.45) is 0 Å². The van der Waals surface area contributed by atoms with Crippen LogP contribution in [0.4, 0.5) is 0 Å². The van der Waals surface area contributed by atoms with Crippen LogP contribution in [0.1, 0.15) is 0 Å². The summed E-state index contributed by atoms with van der Waals surface area (Å²) in [6.45, 7) is 0. The number of hydrogen-bond acceptors (Lipinski definition) is 3. The third-order valence-electron chi connectivity index (χ3n) is 2.93. The predicted octanol–water partition coefficient (Wildman–Crippen LogP) is 3.82. The molecule has 0 spiro atoms. The summed E-state index contributed by atoms with van der Waals surface area (Å²) < 4.78 is 5.44. The van der Waals surface area contributed by atoms with E-state index in [4.69, 9.17) is 16.0 Å². The van der Waals surface area contributed by atoms with Gasteiger partial charge in [-0.25, -0.2) is 0 Å². The van der Waals surface area contributed by atoms with Gasteiger partial charge in [-0.1, -0.05) is 29.8 Å². The molecule has 3 aromatic rings. The van der Waals surface area contributed by atoms with Gasteiger partial charge in [-0.05, 0) is 29.8 Å². The zero-order chi connectivity index (χ0) is 13.4. The largest absolute Gasteiger partial charge is 0.508 e.